The maximum absolute atomic E-state index is 6.07. The van der Waals surface area contributed by atoms with Gasteiger partial charge < -0.3 is 20.3 Å². The lowest BCUT2D eigenvalue weighted by Crippen LogP contribution is -2.42. The Morgan fingerprint density at radius 2 is 2.00 bits per heavy atom. The number of nitrogens with two attached hydrogens (primary N) is 1. The van der Waals surface area contributed by atoms with Crippen molar-refractivity contribution < 1.29 is 4.74 Å². The van der Waals surface area contributed by atoms with Crippen LogP contribution in [0.3, 0.4) is 0 Å². The van der Waals surface area contributed by atoms with Crippen LogP contribution >= 0.6 is 0 Å². The molecule has 1 heterocycles. The van der Waals surface area contributed by atoms with E-state index in [-0.39, 0.29) is 0 Å². The minimum atomic E-state index is 0.565. The van der Waals surface area contributed by atoms with E-state index < -0.39 is 0 Å². The van der Waals surface area contributed by atoms with E-state index in [1.807, 2.05) is 18.2 Å². The van der Waals surface area contributed by atoms with Crippen molar-refractivity contribution in [3.63, 3.8) is 0 Å². The van der Waals surface area contributed by atoms with E-state index >= 15 is 0 Å². The molecule has 2 rings (SSSR count). The van der Waals surface area contributed by atoms with E-state index in [1.54, 1.807) is 7.11 Å². The number of anilines is 2. The van der Waals surface area contributed by atoms with Gasteiger partial charge in [0.15, 0.2) is 0 Å². The number of nitrogens with zero attached hydrogens (tertiary/aromatic N) is 2. The van der Waals surface area contributed by atoms with E-state index in [9.17, 15) is 0 Å². The first kappa shape index (κ1) is 13.0. The van der Waals surface area contributed by atoms with Gasteiger partial charge in [-0.3, -0.25) is 0 Å². The van der Waals surface area contributed by atoms with Gasteiger partial charge in [0.1, 0.15) is 5.75 Å². The molecule has 2 N–H and O–H groups in total. The van der Waals surface area contributed by atoms with Gasteiger partial charge >= 0.3 is 0 Å². The summed E-state index contributed by atoms with van der Waals surface area (Å²) in [6, 6.07) is 6.41. The Balaban J connectivity index is 2.14. The van der Waals surface area contributed by atoms with Gasteiger partial charge in [-0.25, -0.2) is 0 Å². The predicted octanol–water partition coefficient (Wildman–Crippen LogP) is 1.81. The van der Waals surface area contributed by atoms with E-state index in [0.717, 1.165) is 30.2 Å². The Hall–Kier alpha value is -1.42. The Morgan fingerprint density at radius 1 is 1.33 bits per heavy atom. The molecule has 18 heavy (non-hydrogen) atoms. The van der Waals surface area contributed by atoms with Gasteiger partial charge in [0.2, 0.25) is 0 Å². The number of piperidine rings is 1. The number of hydrogen-bond donors (Lipinski definition) is 1. The first-order valence-corrected chi connectivity index (χ1v) is 6.46. The summed E-state index contributed by atoms with van der Waals surface area (Å²) in [5.41, 5.74) is 7.96. The second-order valence-electron chi connectivity index (χ2n) is 5.07. The molecule has 0 bridgehead atoms. The number of likely N-dealkylation sites (tertiary alicyclic amines) is 1. The molecule has 0 spiro atoms. The fraction of sp³-hybridized carbons (Fsp3) is 0.571. The SMILES string of the molecule is COc1ccc(N)c(N(C)C2CCN(C)CC2)c1. The Bertz CT molecular complexity index is 400. The van der Waals surface area contributed by atoms with Crippen molar-refractivity contribution in [2.75, 3.05) is 44.9 Å². The van der Waals surface area contributed by atoms with Crippen LogP contribution in [0.1, 0.15) is 12.8 Å². The minimum Gasteiger partial charge on any atom is -0.497 e. The van der Waals surface area contributed by atoms with Crippen LogP contribution in [0.5, 0.6) is 5.75 Å². The summed E-state index contributed by atoms with van der Waals surface area (Å²) in [6.45, 7) is 2.30. The lowest BCUT2D eigenvalue weighted by atomic mass is 10.0. The zero-order valence-corrected chi connectivity index (χ0v) is 11.5. The zero-order chi connectivity index (χ0) is 13.1. The normalized spacial score (nSPS) is 17.7. The lowest BCUT2D eigenvalue weighted by molar-refractivity contribution is 0.253. The van der Waals surface area contributed by atoms with E-state index in [4.69, 9.17) is 10.5 Å². The van der Waals surface area contributed by atoms with Gasteiger partial charge in [-0.05, 0) is 45.1 Å². The van der Waals surface area contributed by atoms with Crippen LogP contribution < -0.4 is 15.4 Å². The Kier molecular flexibility index (Phi) is 3.97. The smallest absolute Gasteiger partial charge is 0.121 e. The molecule has 1 fully saturated rings. The summed E-state index contributed by atoms with van der Waals surface area (Å²) in [5.74, 6) is 0.860. The Labute approximate surface area is 109 Å². The first-order chi connectivity index (χ1) is 8.61. The highest BCUT2D eigenvalue weighted by Crippen LogP contribution is 2.30. The second-order valence-corrected chi connectivity index (χ2v) is 5.07. The van der Waals surface area contributed by atoms with Gasteiger partial charge in [0, 0.05) is 19.2 Å². The molecule has 4 heteroatoms. The molecule has 0 unspecified atom stereocenters. The number of methoxy groups -OCH3 is 1. The van der Waals surface area contributed by atoms with Crippen LogP contribution in [0.4, 0.5) is 11.4 Å². The highest BCUT2D eigenvalue weighted by molar-refractivity contribution is 5.69. The summed E-state index contributed by atoms with van der Waals surface area (Å²) in [7, 11) is 5.99. The topological polar surface area (TPSA) is 41.7 Å². The molecule has 0 atom stereocenters. The van der Waals surface area contributed by atoms with Gasteiger partial charge in [-0.15, -0.1) is 0 Å². The third-order valence-electron chi connectivity index (χ3n) is 3.85. The van der Waals surface area contributed by atoms with Crippen LogP contribution in [0.25, 0.3) is 0 Å². The fourth-order valence-electron chi connectivity index (χ4n) is 2.53. The van der Waals surface area contributed by atoms with Gasteiger partial charge in [0.25, 0.3) is 0 Å². The molecule has 0 aromatic heterocycles. The summed E-state index contributed by atoms with van der Waals surface area (Å²) < 4.78 is 5.27. The van der Waals surface area contributed by atoms with Crippen molar-refractivity contribution >= 4 is 11.4 Å². The fourth-order valence-corrected chi connectivity index (χ4v) is 2.53. The molecule has 4 nitrogen and oxygen atoms in total. The number of nitrogen functional groups attached to an aromatic ring is 1. The molecular weight excluding hydrogens is 226 g/mol. The van der Waals surface area contributed by atoms with Crippen molar-refractivity contribution in [2.24, 2.45) is 0 Å². The highest BCUT2D eigenvalue weighted by atomic mass is 16.5. The van der Waals surface area contributed by atoms with Crippen molar-refractivity contribution in [2.45, 2.75) is 18.9 Å². The molecule has 1 aliphatic heterocycles. The minimum absolute atomic E-state index is 0.565. The summed E-state index contributed by atoms with van der Waals surface area (Å²) >= 11 is 0. The van der Waals surface area contributed by atoms with Crippen LogP contribution in [0, 0.1) is 0 Å². The number of rotatable bonds is 3. The lowest BCUT2D eigenvalue weighted by Gasteiger charge is -2.37. The van der Waals surface area contributed by atoms with E-state index in [1.165, 1.54) is 12.8 Å². The van der Waals surface area contributed by atoms with Crippen molar-refractivity contribution in [1.29, 1.82) is 0 Å². The van der Waals surface area contributed by atoms with Crippen LogP contribution in [-0.2, 0) is 0 Å². The quantitative estimate of drug-likeness (QED) is 0.830. The summed E-state index contributed by atoms with van der Waals surface area (Å²) in [5, 5.41) is 0. The monoisotopic (exact) mass is 249 g/mol. The van der Waals surface area contributed by atoms with Crippen LogP contribution in [0.15, 0.2) is 18.2 Å². The molecule has 0 aliphatic carbocycles. The third-order valence-corrected chi connectivity index (χ3v) is 3.85. The third kappa shape index (κ3) is 2.70. The van der Waals surface area contributed by atoms with Crippen molar-refractivity contribution in [1.82, 2.24) is 4.90 Å². The molecule has 1 aromatic rings. The number of ether oxygens (including phenoxy) is 1. The maximum atomic E-state index is 6.07. The first-order valence-electron chi connectivity index (χ1n) is 6.46. The van der Waals surface area contributed by atoms with Crippen molar-refractivity contribution in [3.8, 4) is 5.75 Å². The molecule has 0 radical (unpaired) electrons. The van der Waals surface area contributed by atoms with Gasteiger partial charge in [0.05, 0.1) is 18.5 Å². The van der Waals surface area contributed by atoms with Crippen LogP contribution in [0.2, 0.25) is 0 Å². The molecule has 0 saturated carbocycles. The average molecular weight is 249 g/mol. The molecule has 0 amide bonds. The number of benzene rings is 1. The summed E-state index contributed by atoms with van der Waals surface area (Å²) in [4.78, 5) is 4.67. The van der Waals surface area contributed by atoms with E-state index in [0.29, 0.717) is 6.04 Å². The molecule has 100 valence electrons. The molecule has 1 aliphatic rings. The highest BCUT2D eigenvalue weighted by Gasteiger charge is 2.22. The standard InChI is InChI=1S/C14H23N3O/c1-16-8-6-11(7-9-16)17(2)14-10-12(18-3)4-5-13(14)15/h4-5,10-11H,6-9,15H2,1-3H3. The van der Waals surface area contributed by atoms with Crippen LogP contribution in [-0.4, -0.2) is 45.2 Å². The largest absolute Gasteiger partial charge is 0.497 e. The summed E-state index contributed by atoms with van der Waals surface area (Å²) in [6.07, 6.45) is 2.37. The average Bonchev–Trinajstić information content (AvgIpc) is 2.39. The van der Waals surface area contributed by atoms with E-state index in [2.05, 4.69) is 23.9 Å². The molecule has 1 aromatic carbocycles. The zero-order valence-electron chi connectivity index (χ0n) is 11.5. The molecule has 1 saturated heterocycles. The number of hydrogen-bond acceptors (Lipinski definition) is 4. The Morgan fingerprint density at radius 3 is 2.61 bits per heavy atom. The molecular formula is C14H23N3O. The second kappa shape index (κ2) is 5.48. The van der Waals surface area contributed by atoms with Gasteiger partial charge in [-0.2, -0.15) is 0 Å². The predicted molar refractivity (Wildman–Crippen MR) is 76.3 cm³/mol. The van der Waals surface area contributed by atoms with Gasteiger partial charge in [-0.1, -0.05) is 0 Å². The maximum Gasteiger partial charge on any atom is 0.121 e. The van der Waals surface area contributed by atoms with Crippen molar-refractivity contribution in [3.05, 3.63) is 18.2 Å².